The van der Waals surface area contributed by atoms with E-state index in [0.29, 0.717) is 0 Å². The van der Waals surface area contributed by atoms with Gasteiger partial charge in [-0.25, -0.2) is 16.8 Å². The van der Waals surface area contributed by atoms with Gasteiger partial charge in [0.25, 0.3) is 15.9 Å². The molecule has 0 aliphatic rings. The number of aliphatic hydroxyl groups is 1. The fourth-order valence-corrected chi connectivity index (χ4v) is 4.13. The third-order valence-electron chi connectivity index (χ3n) is 4.03. The largest absolute Gasteiger partial charge is 0.426 e. The van der Waals surface area contributed by atoms with Gasteiger partial charge in [-0.2, -0.15) is 13.2 Å². The highest BCUT2D eigenvalue weighted by atomic mass is 35.5. The maximum atomic E-state index is 12.7. The van der Waals surface area contributed by atoms with Crippen molar-refractivity contribution in [3.63, 3.8) is 0 Å². The van der Waals surface area contributed by atoms with Crippen LogP contribution in [-0.4, -0.2) is 45.9 Å². The fraction of sp³-hybridized carbons (Fsp3) is 0.235. The van der Waals surface area contributed by atoms with Gasteiger partial charge in [0.15, 0.2) is 9.84 Å². The Balaban J connectivity index is 2.24. The van der Waals surface area contributed by atoms with Gasteiger partial charge in [-0.3, -0.25) is 9.52 Å². The Hall–Kier alpha value is -2.35. The monoisotopic (exact) mass is 500 g/mol. The molecule has 1 unspecified atom stereocenters. The number of anilines is 2. The van der Waals surface area contributed by atoms with Crippen LogP contribution in [0.15, 0.2) is 52.3 Å². The van der Waals surface area contributed by atoms with E-state index in [1.54, 1.807) is 5.32 Å². The first-order valence-corrected chi connectivity index (χ1v) is 11.9. The van der Waals surface area contributed by atoms with Crippen LogP contribution in [0.5, 0.6) is 0 Å². The summed E-state index contributed by atoms with van der Waals surface area (Å²) in [4.78, 5) is 11.3. The molecule has 0 fully saturated rings. The van der Waals surface area contributed by atoms with Crippen LogP contribution in [0.1, 0.15) is 6.92 Å². The second-order valence-corrected chi connectivity index (χ2v) is 10.7. The van der Waals surface area contributed by atoms with Gasteiger partial charge < -0.3 is 10.4 Å². The Morgan fingerprint density at radius 3 is 1.97 bits per heavy atom. The van der Waals surface area contributed by atoms with Crippen LogP contribution >= 0.6 is 11.6 Å². The van der Waals surface area contributed by atoms with Crippen molar-refractivity contribution in [3.8, 4) is 0 Å². The summed E-state index contributed by atoms with van der Waals surface area (Å²) in [6, 6.07) is 7.65. The quantitative estimate of drug-likeness (QED) is 0.559. The van der Waals surface area contributed by atoms with E-state index in [0.717, 1.165) is 24.5 Å². The number of benzene rings is 2. The Morgan fingerprint density at radius 1 is 1.00 bits per heavy atom. The molecule has 2 rings (SSSR count). The predicted octanol–water partition coefficient (Wildman–Crippen LogP) is 2.80. The van der Waals surface area contributed by atoms with Gasteiger partial charge in [-0.1, -0.05) is 11.6 Å². The molecule has 170 valence electrons. The average Bonchev–Trinajstić information content (AvgIpc) is 2.61. The SMILES string of the molecule is CC(O)(C(=O)Nc1ccc(S(=O)(=O)Nc2ccc(S(C)(=O)=O)cc2)cc1Cl)C(F)(F)F. The van der Waals surface area contributed by atoms with Crippen LogP contribution < -0.4 is 10.0 Å². The number of alkyl halides is 3. The summed E-state index contributed by atoms with van der Waals surface area (Å²) < 4.78 is 88.3. The number of hydrogen-bond donors (Lipinski definition) is 3. The summed E-state index contributed by atoms with van der Waals surface area (Å²) in [6.07, 6.45) is -4.26. The van der Waals surface area contributed by atoms with Crippen LogP contribution in [0.3, 0.4) is 0 Å². The minimum absolute atomic E-state index is 0.0201. The summed E-state index contributed by atoms with van der Waals surface area (Å²) >= 11 is 5.88. The number of rotatable bonds is 6. The van der Waals surface area contributed by atoms with E-state index in [1.165, 1.54) is 24.3 Å². The first kappa shape index (κ1) is 24.9. The fourth-order valence-electron chi connectivity index (χ4n) is 2.12. The number of amides is 1. The van der Waals surface area contributed by atoms with Gasteiger partial charge in [0.1, 0.15) is 0 Å². The van der Waals surface area contributed by atoms with Crippen molar-refractivity contribution >= 4 is 48.7 Å². The zero-order chi connectivity index (χ0) is 23.8. The van der Waals surface area contributed by atoms with Gasteiger partial charge >= 0.3 is 6.18 Å². The van der Waals surface area contributed by atoms with E-state index in [-0.39, 0.29) is 28.1 Å². The summed E-state index contributed by atoms with van der Waals surface area (Å²) in [7, 11) is -7.68. The molecular formula is C17H16ClF3N2O6S2. The number of halogens is 4. The van der Waals surface area contributed by atoms with E-state index in [2.05, 4.69) is 4.72 Å². The van der Waals surface area contributed by atoms with Crippen LogP contribution in [0.4, 0.5) is 24.5 Å². The number of hydrogen-bond acceptors (Lipinski definition) is 6. The van der Waals surface area contributed by atoms with Crippen LogP contribution in [0.2, 0.25) is 5.02 Å². The molecule has 31 heavy (non-hydrogen) atoms. The maximum Gasteiger partial charge on any atom is 0.426 e. The summed E-state index contributed by atoms with van der Waals surface area (Å²) in [5.41, 5.74) is -4.00. The molecule has 3 N–H and O–H groups in total. The van der Waals surface area contributed by atoms with E-state index in [4.69, 9.17) is 11.6 Å². The first-order chi connectivity index (χ1) is 13.9. The molecule has 0 aliphatic heterocycles. The van der Waals surface area contributed by atoms with E-state index in [1.807, 2.05) is 0 Å². The van der Waals surface area contributed by atoms with Crippen molar-refractivity contribution in [1.82, 2.24) is 0 Å². The van der Waals surface area contributed by atoms with Crippen LogP contribution in [-0.2, 0) is 24.7 Å². The third kappa shape index (κ3) is 5.67. The smallest absolute Gasteiger partial charge is 0.373 e. The molecule has 0 saturated heterocycles. The molecule has 1 amide bonds. The molecule has 1 atom stereocenters. The molecule has 2 aromatic rings. The zero-order valence-corrected chi connectivity index (χ0v) is 18.2. The summed E-state index contributed by atoms with van der Waals surface area (Å²) in [6.45, 7) is 0.258. The van der Waals surface area contributed by atoms with Crippen molar-refractivity contribution in [2.45, 2.75) is 28.5 Å². The lowest BCUT2D eigenvalue weighted by molar-refractivity contribution is -0.242. The minimum Gasteiger partial charge on any atom is -0.373 e. The van der Waals surface area contributed by atoms with E-state index in [9.17, 15) is 39.9 Å². The normalized spacial score (nSPS) is 14.5. The Labute approximate surface area is 181 Å². The van der Waals surface area contributed by atoms with Crippen LogP contribution in [0.25, 0.3) is 0 Å². The Bertz CT molecular complexity index is 1210. The van der Waals surface area contributed by atoms with Gasteiger partial charge in [-0.15, -0.1) is 0 Å². The van der Waals surface area contributed by atoms with E-state index >= 15 is 0 Å². The lowest BCUT2D eigenvalue weighted by Gasteiger charge is -2.25. The average molecular weight is 501 g/mol. The molecule has 0 aliphatic carbocycles. The van der Waals surface area contributed by atoms with Crippen molar-refractivity contribution < 1.29 is 39.9 Å². The number of sulfonamides is 1. The molecule has 0 aromatic heterocycles. The number of sulfone groups is 1. The summed E-state index contributed by atoms with van der Waals surface area (Å²) in [5, 5.41) is 10.8. The molecule has 0 heterocycles. The molecule has 0 bridgehead atoms. The number of carbonyl (C=O) groups is 1. The van der Waals surface area contributed by atoms with Crippen molar-refractivity contribution in [1.29, 1.82) is 0 Å². The second kappa shape index (κ2) is 8.30. The Morgan fingerprint density at radius 2 is 1.52 bits per heavy atom. The number of carbonyl (C=O) groups excluding carboxylic acids is 1. The van der Waals surface area contributed by atoms with Crippen molar-refractivity contribution in [2.24, 2.45) is 0 Å². The van der Waals surface area contributed by atoms with Gasteiger partial charge in [-0.05, 0) is 49.4 Å². The first-order valence-electron chi connectivity index (χ1n) is 8.18. The molecule has 2 aromatic carbocycles. The van der Waals surface area contributed by atoms with Crippen LogP contribution in [0, 0.1) is 0 Å². The standard InChI is InChI=1S/C17H16ClF3N2O6S2/c1-16(25,17(19,20)21)15(24)22-14-8-7-12(9-13(14)18)31(28,29)23-10-3-5-11(6-4-10)30(2,26)27/h3-9,23,25H,1-2H3,(H,22,24). The maximum absolute atomic E-state index is 12.7. The lowest BCUT2D eigenvalue weighted by atomic mass is 10.1. The summed E-state index contributed by atoms with van der Waals surface area (Å²) in [5.74, 6) is -1.80. The van der Waals surface area contributed by atoms with E-state index < -0.39 is 42.6 Å². The van der Waals surface area contributed by atoms with Gasteiger partial charge in [0.05, 0.1) is 20.5 Å². The Kier molecular flexibility index (Phi) is 6.67. The predicted molar refractivity (Wildman–Crippen MR) is 107 cm³/mol. The van der Waals surface area contributed by atoms with Gasteiger partial charge in [0.2, 0.25) is 5.60 Å². The van der Waals surface area contributed by atoms with Crippen molar-refractivity contribution in [3.05, 3.63) is 47.5 Å². The molecule has 8 nitrogen and oxygen atoms in total. The lowest BCUT2D eigenvalue weighted by Crippen LogP contribution is -2.52. The molecule has 0 spiro atoms. The molecule has 0 saturated carbocycles. The zero-order valence-electron chi connectivity index (χ0n) is 15.9. The van der Waals surface area contributed by atoms with Gasteiger partial charge in [0, 0.05) is 11.9 Å². The molecular weight excluding hydrogens is 485 g/mol. The highest BCUT2D eigenvalue weighted by Gasteiger charge is 2.55. The third-order valence-corrected chi connectivity index (χ3v) is 6.85. The van der Waals surface area contributed by atoms with Crippen molar-refractivity contribution in [2.75, 3.05) is 16.3 Å². The topological polar surface area (TPSA) is 130 Å². The minimum atomic E-state index is -5.25. The second-order valence-electron chi connectivity index (χ2n) is 6.57. The number of nitrogens with one attached hydrogen (secondary N) is 2. The highest BCUT2D eigenvalue weighted by molar-refractivity contribution is 7.92. The molecule has 0 radical (unpaired) electrons. The highest BCUT2D eigenvalue weighted by Crippen LogP contribution is 2.33. The molecule has 14 heteroatoms.